The molecule has 0 atom stereocenters. The lowest BCUT2D eigenvalue weighted by atomic mass is 9.79. The maximum Gasteiger partial charge on any atom is 0.127 e. The first-order valence-electron chi connectivity index (χ1n) is 10.0. The van der Waals surface area contributed by atoms with E-state index >= 15 is 0 Å². The summed E-state index contributed by atoms with van der Waals surface area (Å²) < 4.78 is 0. The topological polar surface area (TPSA) is 36.4 Å². The highest BCUT2D eigenvalue weighted by Crippen LogP contribution is 2.39. The number of para-hydroxylation sites is 2. The fourth-order valence-corrected chi connectivity index (χ4v) is 3.93. The second kappa shape index (κ2) is 8.39. The van der Waals surface area contributed by atoms with Crippen LogP contribution in [-0.2, 0) is 6.54 Å². The van der Waals surface area contributed by atoms with Crippen LogP contribution in [0.3, 0.4) is 0 Å². The normalized spacial score (nSPS) is 19.0. The fourth-order valence-electron chi connectivity index (χ4n) is 3.93. The lowest BCUT2D eigenvalue weighted by molar-refractivity contribution is 0.403. The van der Waals surface area contributed by atoms with E-state index < -0.39 is 0 Å². The second-order valence-electron chi connectivity index (χ2n) is 7.03. The van der Waals surface area contributed by atoms with Gasteiger partial charge in [-0.15, -0.1) is 0 Å². The van der Waals surface area contributed by atoms with Crippen LogP contribution in [0.1, 0.15) is 57.1 Å². The predicted octanol–water partition coefficient (Wildman–Crippen LogP) is 6.16. The van der Waals surface area contributed by atoms with Crippen molar-refractivity contribution in [2.45, 2.75) is 65.0 Å². The molecule has 0 saturated heterocycles. The Bertz CT molecular complexity index is 758. The third-order valence-corrected chi connectivity index (χ3v) is 5.38. The molecular weight excluding hydrogens is 318 g/mol. The van der Waals surface area contributed by atoms with E-state index in [0.717, 1.165) is 30.9 Å². The molecule has 0 bridgehead atoms. The Balaban J connectivity index is 0.000000948. The van der Waals surface area contributed by atoms with Gasteiger partial charge in [-0.05, 0) is 43.0 Å². The van der Waals surface area contributed by atoms with E-state index in [1.165, 1.54) is 36.1 Å². The molecule has 2 aliphatic rings. The molecule has 2 aromatic rings. The standard InChI is InChI=1S/C21H25N3.C2H6/c1-16-9-3-4-10-17(16)15-22-20-21(13-7-2-8-14-21)24-19-12-6-5-11-18(19)23-20;1-2/h3-6,9-12,24H,2,7-8,13-15H2,1H3,(H,22,23);1-2H3. The van der Waals surface area contributed by atoms with Crippen molar-refractivity contribution in [2.75, 3.05) is 10.6 Å². The highest BCUT2D eigenvalue weighted by molar-refractivity contribution is 6.09. The minimum atomic E-state index is -0.0186. The molecule has 26 heavy (non-hydrogen) atoms. The van der Waals surface area contributed by atoms with E-state index in [1.807, 2.05) is 13.8 Å². The van der Waals surface area contributed by atoms with Crippen molar-refractivity contribution < 1.29 is 0 Å². The lowest BCUT2D eigenvalue weighted by Gasteiger charge is -2.44. The molecule has 1 fully saturated rings. The molecule has 2 aromatic carbocycles. The average molecular weight is 350 g/mol. The van der Waals surface area contributed by atoms with Crippen LogP contribution in [-0.4, -0.2) is 11.4 Å². The molecule has 1 aliphatic carbocycles. The molecule has 3 nitrogen and oxygen atoms in total. The Morgan fingerprint density at radius 2 is 1.54 bits per heavy atom. The lowest BCUT2D eigenvalue weighted by Crippen LogP contribution is -2.53. The summed E-state index contributed by atoms with van der Waals surface area (Å²) in [6, 6.07) is 17.0. The van der Waals surface area contributed by atoms with Gasteiger partial charge in [0.15, 0.2) is 0 Å². The summed E-state index contributed by atoms with van der Waals surface area (Å²) in [4.78, 5) is 5.03. The first-order valence-corrected chi connectivity index (χ1v) is 10.0. The zero-order valence-electron chi connectivity index (χ0n) is 16.3. The molecule has 1 aliphatic heterocycles. The molecule has 3 heteroatoms. The van der Waals surface area contributed by atoms with Gasteiger partial charge in [0.25, 0.3) is 0 Å². The minimum absolute atomic E-state index is 0.0186. The van der Waals surface area contributed by atoms with Gasteiger partial charge in [-0.1, -0.05) is 69.5 Å². The minimum Gasteiger partial charge on any atom is -0.371 e. The van der Waals surface area contributed by atoms with Gasteiger partial charge in [0.2, 0.25) is 0 Å². The molecule has 0 amide bonds. The molecule has 1 spiro atoms. The molecular formula is C23H31N3. The van der Waals surface area contributed by atoms with Gasteiger partial charge in [-0.3, -0.25) is 4.99 Å². The van der Waals surface area contributed by atoms with Gasteiger partial charge >= 0.3 is 0 Å². The first-order chi connectivity index (χ1) is 12.8. The maximum atomic E-state index is 5.03. The summed E-state index contributed by atoms with van der Waals surface area (Å²) in [6.45, 7) is 6.90. The molecule has 138 valence electrons. The largest absolute Gasteiger partial charge is 0.371 e. The van der Waals surface area contributed by atoms with Gasteiger partial charge in [0, 0.05) is 0 Å². The monoisotopic (exact) mass is 349 g/mol. The number of hydrogen-bond donors (Lipinski definition) is 2. The predicted molar refractivity (Wildman–Crippen MR) is 113 cm³/mol. The third kappa shape index (κ3) is 3.77. The number of aryl methyl sites for hydroxylation is 1. The van der Waals surface area contributed by atoms with Crippen molar-refractivity contribution in [1.29, 1.82) is 0 Å². The van der Waals surface area contributed by atoms with Gasteiger partial charge in [0.1, 0.15) is 5.84 Å². The number of hydrogen-bond acceptors (Lipinski definition) is 2. The summed E-state index contributed by atoms with van der Waals surface area (Å²) in [5, 5.41) is 7.45. The van der Waals surface area contributed by atoms with Crippen LogP contribution >= 0.6 is 0 Å². The number of fused-ring (bicyclic) bond motifs is 1. The summed E-state index contributed by atoms with van der Waals surface area (Å²) in [7, 11) is 0. The van der Waals surface area contributed by atoms with E-state index in [-0.39, 0.29) is 5.54 Å². The SMILES string of the molecule is CC.Cc1ccccc1CN=C1Nc2ccccc2NC12CCCCC2. The Morgan fingerprint density at radius 3 is 2.27 bits per heavy atom. The molecule has 1 heterocycles. The number of rotatable bonds is 2. The van der Waals surface area contributed by atoms with Gasteiger partial charge in [-0.2, -0.15) is 0 Å². The quantitative estimate of drug-likeness (QED) is 0.681. The number of amidine groups is 1. The van der Waals surface area contributed by atoms with Crippen molar-refractivity contribution >= 4 is 17.2 Å². The molecule has 2 N–H and O–H groups in total. The van der Waals surface area contributed by atoms with Gasteiger partial charge in [0.05, 0.1) is 23.5 Å². The van der Waals surface area contributed by atoms with Crippen LogP contribution in [0.25, 0.3) is 0 Å². The fraction of sp³-hybridized carbons (Fsp3) is 0.435. The number of anilines is 2. The number of nitrogens with one attached hydrogen (secondary N) is 2. The third-order valence-electron chi connectivity index (χ3n) is 5.38. The van der Waals surface area contributed by atoms with Crippen LogP contribution in [0.4, 0.5) is 11.4 Å². The second-order valence-corrected chi connectivity index (χ2v) is 7.03. The molecule has 0 aromatic heterocycles. The van der Waals surface area contributed by atoms with Gasteiger partial charge < -0.3 is 10.6 Å². The van der Waals surface area contributed by atoms with Crippen molar-refractivity contribution in [3.05, 3.63) is 59.7 Å². The molecule has 1 saturated carbocycles. The van der Waals surface area contributed by atoms with Crippen LogP contribution < -0.4 is 10.6 Å². The smallest absolute Gasteiger partial charge is 0.127 e. The van der Waals surface area contributed by atoms with Gasteiger partial charge in [-0.25, -0.2) is 0 Å². The highest BCUT2D eigenvalue weighted by atomic mass is 15.2. The van der Waals surface area contributed by atoms with E-state index in [0.29, 0.717) is 0 Å². The van der Waals surface area contributed by atoms with E-state index in [2.05, 4.69) is 66.1 Å². The van der Waals surface area contributed by atoms with Crippen LogP contribution in [0.2, 0.25) is 0 Å². The molecule has 0 radical (unpaired) electrons. The Labute approximate surface area is 157 Å². The Hall–Kier alpha value is -2.29. The summed E-state index contributed by atoms with van der Waals surface area (Å²) in [5.74, 6) is 1.11. The van der Waals surface area contributed by atoms with Crippen molar-refractivity contribution in [1.82, 2.24) is 0 Å². The van der Waals surface area contributed by atoms with Crippen molar-refractivity contribution in [3.8, 4) is 0 Å². The van der Waals surface area contributed by atoms with E-state index in [1.54, 1.807) is 0 Å². The molecule has 0 unspecified atom stereocenters. The average Bonchev–Trinajstić information content (AvgIpc) is 2.70. The summed E-state index contributed by atoms with van der Waals surface area (Å²) >= 11 is 0. The number of aliphatic imine (C=N–C) groups is 1. The van der Waals surface area contributed by atoms with Crippen LogP contribution in [0.5, 0.6) is 0 Å². The number of nitrogens with zero attached hydrogens (tertiary/aromatic N) is 1. The Kier molecular flexibility index (Phi) is 5.97. The summed E-state index contributed by atoms with van der Waals surface area (Å²) in [6.07, 6.45) is 6.17. The first kappa shape index (κ1) is 18.5. The Morgan fingerprint density at radius 1 is 0.885 bits per heavy atom. The zero-order chi connectivity index (χ0) is 18.4. The number of benzene rings is 2. The highest BCUT2D eigenvalue weighted by Gasteiger charge is 2.40. The maximum absolute atomic E-state index is 5.03. The zero-order valence-corrected chi connectivity index (χ0v) is 16.3. The summed E-state index contributed by atoms with van der Waals surface area (Å²) in [5.41, 5.74) is 4.93. The molecule has 4 rings (SSSR count). The van der Waals surface area contributed by atoms with Crippen molar-refractivity contribution in [3.63, 3.8) is 0 Å². The van der Waals surface area contributed by atoms with E-state index in [9.17, 15) is 0 Å². The van der Waals surface area contributed by atoms with Crippen molar-refractivity contribution in [2.24, 2.45) is 4.99 Å². The van der Waals surface area contributed by atoms with Crippen LogP contribution in [0.15, 0.2) is 53.5 Å². The van der Waals surface area contributed by atoms with Crippen LogP contribution in [0, 0.1) is 6.92 Å². The van der Waals surface area contributed by atoms with E-state index in [4.69, 9.17) is 4.99 Å².